The highest BCUT2D eigenvalue weighted by Crippen LogP contribution is 2.29. The zero-order valence-electron chi connectivity index (χ0n) is 14.2. The first kappa shape index (κ1) is 17.8. The lowest BCUT2D eigenvalue weighted by molar-refractivity contribution is 0.1000. The molecule has 1 unspecified atom stereocenters. The molecule has 1 amide bonds. The Morgan fingerprint density at radius 2 is 2.15 bits per heavy atom. The normalized spacial score (nSPS) is 12.2. The van der Waals surface area contributed by atoms with Gasteiger partial charge in [-0.25, -0.2) is 4.98 Å². The number of primary amides is 1. The second-order valence-corrected chi connectivity index (χ2v) is 6.39. The van der Waals surface area contributed by atoms with Gasteiger partial charge in [0.05, 0.1) is 10.6 Å². The van der Waals surface area contributed by atoms with Gasteiger partial charge in [0.1, 0.15) is 11.9 Å². The Morgan fingerprint density at radius 1 is 1.35 bits per heavy atom. The molecule has 0 saturated carbocycles. The van der Waals surface area contributed by atoms with Crippen molar-refractivity contribution in [3.05, 3.63) is 53.3 Å². The summed E-state index contributed by atoms with van der Waals surface area (Å²) in [5.41, 5.74) is 6.23. The van der Waals surface area contributed by atoms with Crippen LogP contribution in [0.25, 0.3) is 11.4 Å². The number of aromatic nitrogens is 4. The van der Waals surface area contributed by atoms with E-state index in [4.69, 9.17) is 21.9 Å². The van der Waals surface area contributed by atoms with Gasteiger partial charge in [-0.2, -0.15) is 4.98 Å². The number of amides is 1. The second-order valence-electron chi connectivity index (χ2n) is 5.98. The lowest BCUT2D eigenvalue weighted by Crippen LogP contribution is -2.19. The molecule has 3 aromatic rings. The van der Waals surface area contributed by atoms with Crippen LogP contribution in [0.1, 0.15) is 36.1 Å². The maximum Gasteiger partial charge on any atom is 0.250 e. The standard InChI is InChI=1S/C17H17ClN6O2/c1-9(2)13(22-16-12(18)6-11(8-21-16)14(19)25)17-23-15(24-26-17)10-4-3-5-20-7-10/h3-9,13H,1-2H3,(H2,19,25)(H,21,22). The first-order chi connectivity index (χ1) is 12.5. The van der Waals surface area contributed by atoms with E-state index in [1.165, 1.54) is 12.3 Å². The molecule has 0 aliphatic heterocycles. The lowest BCUT2D eigenvalue weighted by atomic mass is 10.0. The smallest absolute Gasteiger partial charge is 0.250 e. The largest absolute Gasteiger partial charge is 0.366 e. The Balaban J connectivity index is 1.87. The van der Waals surface area contributed by atoms with Gasteiger partial charge < -0.3 is 15.6 Å². The predicted octanol–water partition coefficient (Wildman–Crippen LogP) is 3.09. The summed E-state index contributed by atoms with van der Waals surface area (Å²) in [6, 6.07) is 4.79. The molecular weight excluding hydrogens is 356 g/mol. The van der Waals surface area contributed by atoms with E-state index in [0.29, 0.717) is 17.5 Å². The van der Waals surface area contributed by atoms with Crippen LogP contribution in [0.2, 0.25) is 5.02 Å². The molecule has 26 heavy (non-hydrogen) atoms. The Kier molecular flexibility index (Phi) is 5.13. The highest BCUT2D eigenvalue weighted by Gasteiger charge is 2.24. The van der Waals surface area contributed by atoms with Crippen LogP contribution in [-0.4, -0.2) is 26.0 Å². The van der Waals surface area contributed by atoms with Gasteiger partial charge in [0, 0.05) is 24.2 Å². The van der Waals surface area contributed by atoms with E-state index >= 15 is 0 Å². The van der Waals surface area contributed by atoms with Crippen LogP contribution in [0.5, 0.6) is 0 Å². The summed E-state index contributed by atoms with van der Waals surface area (Å²) >= 11 is 6.20. The van der Waals surface area contributed by atoms with E-state index in [9.17, 15) is 4.79 Å². The van der Waals surface area contributed by atoms with E-state index in [1.54, 1.807) is 18.5 Å². The molecule has 0 aliphatic rings. The summed E-state index contributed by atoms with van der Waals surface area (Å²) in [4.78, 5) is 23.9. The molecule has 0 aromatic carbocycles. The van der Waals surface area contributed by atoms with Gasteiger partial charge >= 0.3 is 0 Å². The quantitative estimate of drug-likeness (QED) is 0.682. The van der Waals surface area contributed by atoms with Crippen LogP contribution in [0, 0.1) is 5.92 Å². The number of carbonyl (C=O) groups is 1. The van der Waals surface area contributed by atoms with E-state index in [-0.39, 0.29) is 22.5 Å². The molecule has 0 fully saturated rings. The van der Waals surface area contributed by atoms with Crippen LogP contribution in [-0.2, 0) is 0 Å². The minimum atomic E-state index is -0.593. The Labute approximate surface area is 154 Å². The molecule has 0 spiro atoms. The number of nitrogens with two attached hydrogens (primary N) is 1. The van der Waals surface area contributed by atoms with Gasteiger partial charge in [0.25, 0.3) is 0 Å². The summed E-state index contributed by atoms with van der Waals surface area (Å²) in [5, 5.41) is 7.47. The summed E-state index contributed by atoms with van der Waals surface area (Å²) in [5.74, 6) is 0.756. The number of pyridine rings is 2. The van der Waals surface area contributed by atoms with Crippen LogP contribution in [0.15, 0.2) is 41.3 Å². The Bertz CT molecular complexity index is 913. The Morgan fingerprint density at radius 3 is 2.77 bits per heavy atom. The lowest BCUT2D eigenvalue weighted by Gasteiger charge is -2.19. The third-order valence-electron chi connectivity index (χ3n) is 3.71. The van der Waals surface area contributed by atoms with Crippen molar-refractivity contribution in [2.75, 3.05) is 5.32 Å². The molecule has 0 aliphatic carbocycles. The van der Waals surface area contributed by atoms with Gasteiger partial charge in [-0.05, 0) is 24.1 Å². The first-order valence-electron chi connectivity index (χ1n) is 7.91. The molecule has 1 atom stereocenters. The van der Waals surface area contributed by atoms with Crippen molar-refractivity contribution in [1.82, 2.24) is 20.1 Å². The number of nitrogens with zero attached hydrogens (tertiary/aromatic N) is 4. The summed E-state index contributed by atoms with van der Waals surface area (Å²) in [7, 11) is 0. The fourth-order valence-electron chi connectivity index (χ4n) is 2.31. The van der Waals surface area contributed by atoms with Gasteiger partial charge in [-0.15, -0.1) is 0 Å². The third kappa shape index (κ3) is 3.80. The average molecular weight is 373 g/mol. The van der Waals surface area contributed by atoms with Crippen molar-refractivity contribution in [3.63, 3.8) is 0 Å². The molecule has 3 rings (SSSR count). The fraction of sp³-hybridized carbons (Fsp3) is 0.235. The number of hydrogen-bond donors (Lipinski definition) is 2. The van der Waals surface area contributed by atoms with Crippen molar-refractivity contribution >= 4 is 23.3 Å². The maximum atomic E-state index is 11.2. The van der Waals surface area contributed by atoms with Crippen LogP contribution < -0.4 is 11.1 Å². The molecule has 134 valence electrons. The van der Waals surface area contributed by atoms with E-state index in [2.05, 4.69) is 25.4 Å². The summed E-state index contributed by atoms with van der Waals surface area (Å²) in [6.45, 7) is 3.99. The number of carbonyl (C=O) groups excluding carboxylic acids is 1. The van der Waals surface area contributed by atoms with Gasteiger partial charge in [0.15, 0.2) is 0 Å². The summed E-state index contributed by atoms with van der Waals surface area (Å²) < 4.78 is 5.42. The molecular formula is C17H17ClN6O2. The minimum absolute atomic E-state index is 0.103. The maximum absolute atomic E-state index is 11.2. The van der Waals surface area contributed by atoms with Gasteiger partial charge in [-0.1, -0.05) is 30.6 Å². The van der Waals surface area contributed by atoms with Crippen molar-refractivity contribution in [2.24, 2.45) is 11.7 Å². The first-order valence-corrected chi connectivity index (χ1v) is 8.29. The van der Waals surface area contributed by atoms with Crippen LogP contribution >= 0.6 is 11.6 Å². The fourth-order valence-corrected chi connectivity index (χ4v) is 2.53. The van der Waals surface area contributed by atoms with Crippen molar-refractivity contribution < 1.29 is 9.32 Å². The predicted molar refractivity (Wildman–Crippen MR) is 96.5 cm³/mol. The van der Waals surface area contributed by atoms with Crippen LogP contribution in [0.3, 0.4) is 0 Å². The highest BCUT2D eigenvalue weighted by molar-refractivity contribution is 6.33. The minimum Gasteiger partial charge on any atom is -0.366 e. The zero-order chi connectivity index (χ0) is 18.7. The molecule has 3 heterocycles. The molecule has 0 saturated heterocycles. The van der Waals surface area contributed by atoms with Crippen LogP contribution in [0.4, 0.5) is 5.82 Å². The summed E-state index contributed by atoms with van der Waals surface area (Å²) in [6.07, 6.45) is 4.70. The molecule has 3 N–H and O–H groups in total. The third-order valence-corrected chi connectivity index (χ3v) is 4.00. The van der Waals surface area contributed by atoms with Crippen molar-refractivity contribution in [1.29, 1.82) is 0 Å². The van der Waals surface area contributed by atoms with E-state index < -0.39 is 5.91 Å². The average Bonchev–Trinajstić information content (AvgIpc) is 3.10. The number of halogens is 1. The number of nitrogens with one attached hydrogen (secondary N) is 1. The topological polar surface area (TPSA) is 120 Å². The zero-order valence-corrected chi connectivity index (χ0v) is 14.9. The highest BCUT2D eigenvalue weighted by atomic mass is 35.5. The molecule has 0 radical (unpaired) electrons. The number of anilines is 1. The number of rotatable bonds is 6. The molecule has 3 aromatic heterocycles. The van der Waals surface area contributed by atoms with Gasteiger partial charge in [0.2, 0.25) is 17.6 Å². The van der Waals surface area contributed by atoms with Crippen molar-refractivity contribution in [3.8, 4) is 11.4 Å². The second kappa shape index (κ2) is 7.49. The van der Waals surface area contributed by atoms with E-state index in [1.807, 2.05) is 19.9 Å². The monoisotopic (exact) mass is 372 g/mol. The van der Waals surface area contributed by atoms with E-state index in [0.717, 1.165) is 5.56 Å². The molecule has 0 bridgehead atoms. The van der Waals surface area contributed by atoms with Gasteiger partial charge in [-0.3, -0.25) is 9.78 Å². The number of hydrogen-bond acceptors (Lipinski definition) is 7. The molecule has 9 heteroatoms. The Hall–Kier alpha value is -3.00. The SMILES string of the molecule is CC(C)C(Nc1ncc(C(N)=O)cc1Cl)c1nc(-c2cccnc2)no1. The van der Waals surface area contributed by atoms with Crippen molar-refractivity contribution in [2.45, 2.75) is 19.9 Å². The molecule has 8 nitrogen and oxygen atoms in total.